The Hall–Kier alpha value is -1.27. The van der Waals surface area contributed by atoms with Gasteiger partial charge >= 0.3 is 0 Å². The van der Waals surface area contributed by atoms with Gasteiger partial charge in [-0.3, -0.25) is 4.99 Å². The smallest absolute Gasteiger partial charge is 0.208 e. The van der Waals surface area contributed by atoms with E-state index >= 15 is 0 Å². The Kier molecular flexibility index (Phi) is 14.9. The molecule has 0 saturated heterocycles. The molecule has 8 nitrogen and oxygen atoms in total. The maximum Gasteiger partial charge on any atom is 0.208 e. The molecule has 0 atom stereocenters. The highest BCUT2D eigenvalue weighted by molar-refractivity contribution is 14.0. The number of aryl methyl sites for hydroxylation is 1. The van der Waals surface area contributed by atoms with Gasteiger partial charge in [0.1, 0.15) is 0 Å². The van der Waals surface area contributed by atoms with Crippen molar-refractivity contribution in [3.63, 3.8) is 0 Å². The van der Waals surface area contributed by atoms with Gasteiger partial charge in [0.15, 0.2) is 17.5 Å². The first kappa shape index (κ1) is 27.7. The van der Waals surface area contributed by atoms with Gasteiger partial charge in [-0.1, -0.05) is 6.07 Å². The first-order valence-corrected chi connectivity index (χ1v) is 11.5. The number of aliphatic imine (C=N–C) groups is 1. The van der Waals surface area contributed by atoms with E-state index in [-0.39, 0.29) is 24.0 Å². The summed E-state index contributed by atoms with van der Waals surface area (Å²) in [5.74, 6) is 2.25. The Labute approximate surface area is 192 Å². The Bertz CT molecular complexity index is 714. The lowest BCUT2D eigenvalue weighted by molar-refractivity contribution is 0.310. The predicted molar refractivity (Wildman–Crippen MR) is 129 cm³/mol. The van der Waals surface area contributed by atoms with Gasteiger partial charge in [-0.15, -0.1) is 24.0 Å². The van der Waals surface area contributed by atoms with Crippen LogP contribution >= 0.6 is 24.0 Å². The predicted octanol–water partition coefficient (Wildman–Crippen LogP) is 2.14. The van der Waals surface area contributed by atoms with Crippen LogP contribution in [0.25, 0.3) is 0 Å². The minimum absolute atomic E-state index is 0. The number of nitrogens with zero attached hydrogens (tertiary/aromatic N) is 1. The molecule has 0 aliphatic heterocycles. The monoisotopic (exact) mass is 542 g/mol. The molecule has 0 amide bonds. The van der Waals surface area contributed by atoms with E-state index in [4.69, 9.17) is 9.47 Å². The topological polar surface area (TPSA) is 101 Å². The SMILES string of the molecule is CCNC(=NCCCc1ccc(OC)c(OCC)c1)NCCCNS(C)(=O)=O.I. The number of nitrogens with one attached hydrogen (secondary N) is 3. The van der Waals surface area contributed by atoms with Crippen LogP contribution in [0.1, 0.15) is 32.3 Å². The second-order valence-electron chi connectivity index (χ2n) is 6.23. The van der Waals surface area contributed by atoms with Crippen LogP contribution in [-0.2, 0) is 16.4 Å². The highest BCUT2D eigenvalue weighted by Crippen LogP contribution is 2.28. The van der Waals surface area contributed by atoms with E-state index in [1.54, 1.807) is 7.11 Å². The molecular formula is C19H35IN4O4S. The van der Waals surface area contributed by atoms with Crippen LogP contribution in [0.3, 0.4) is 0 Å². The number of methoxy groups -OCH3 is 1. The molecule has 0 aliphatic rings. The number of halogens is 1. The third-order valence-corrected chi connectivity index (χ3v) is 4.50. The van der Waals surface area contributed by atoms with E-state index in [1.165, 1.54) is 5.56 Å². The Morgan fingerprint density at radius 3 is 2.48 bits per heavy atom. The zero-order chi connectivity index (χ0) is 20.8. The maximum atomic E-state index is 11.0. The molecule has 0 spiro atoms. The molecule has 0 radical (unpaired) electrons. The molecule has 0 unspecified atom stereocenters. The molecule has 0 fully saturated rings. The molecule has 1 rings (SSSR count). The van der Waals surface area contributed by atoms with Gasteiger partial charge in [0.05, 0.1) is 20.0 Å². The fourth-order valence-corrected chi connectivity index (χ4v) is 3.03. The molecule has 29 heavy (non-hydrogen) atoms. The zero-order valence-corrected chi connectivity index (χ0v) is 20.9. The second-order valence-corrected chi connectivity index (χ2v) is 8.06. The summed E-state index contributed by atoms with van der Waals surface area (Å²) in [6, 6.07) is 5.99. The van der Waals surface area contributed by atoms with E-state index in [1.807, 2.05) is 32.0 Å². The van der Waals surface area contributed by atoms with Crippen LogP contribution in [-0.4, -0.2) is 60.5 Å². The fourth-order valence-electron chi connectivity index (χ4n) is 2.51. The van der Waals surface area contributed by atoms with Crippen molar-refractivity contribution in [3.8, 4) is 11.5 Å². The van der Waals surface area contributed by atoms with E-state index in [0.717, 1.165) is 43.1 Å². The zero-order valence-electron chi connectivity index (χ0n) is 17.8. The van der Waals surface area contributed by atoms with Crippen molar-refractivity contribution in [2.45, 2.75) is 33.1 Å². The summed E-state index contributed by atoms with van der Waals surface area (Å²) in [7, 11) is -1.49. The molecule has 0 aromatic heterocycles. The number of hydrogen-bond donors (Lipinski definition) is 3. The molecule has 0 saturated carbocycles. The van der Waals surface area contributed by atoms with Crippen LogP contribution < -0.4 is 24.8 Å². The van der Waals surface area contributed by atoms with Crippen molar-refractivity contribution in [1.29, 1.82) is 0 Å². The number of benzene rings is 1. The summed E-state index contributed by atoms with van der Waals surface area (Å²) in [5.41, 5.74) is 1.18. The molecule has 3 N–H and O–H groups in total. The first-order valence-electron chi connectivity index (χ1n) is 9.66. The van der Waals surface area contributed by atoms with Crippen LogP contribution in [0.2, 0.25) is 0 Å². The summed E-state index contributed by atoms with van der Waals surface area (Å²) in [6.07, 6.45) is 3.64. The van der Waals surface area contributed by atoms with Crippen molar-refractivity contribution >= 4 is 40.0 Å². The van der Waals surface area contributed by atoms with Crippen molar-refractivity contribution in [2.75, 3.05) is 46.2 Å². The van der Waals surface area contributed by atoms with Crippen LogP contribution in [0, 0.1) is 0 Å². The summed E-state index contributed by atoms with van der Waals surface area (Å²) in [5, 5.41) is 6.41. The molecule has 168 valence electrons. The lowest BCUT2D eigenvalue weighted by Crippen LogP contribution is -2.38. The number of ether oxygens (including phenoxy) is 2. The highest BCUT2D eigenvalue weighted by Gasteiger charge is 2.05. The largest absolute Gasteiger partial charge is 0.493 e. The minimum Gasteiger partial charge on any atom is -0.493 e. The lowest BCUT2D eigenvalue weighted by Gasteiger charge is -2.12. The second kappa shape index (κ2) is 15.6. The standard InChI is InChI=1S/C19H34N4O4S.HI/c1-5-20-19(22-13-8-14-23-28(4,24)25)21-12-7-9-16-10-11-17(26-3)18(15-16)27-6-2;/h10-11,15,23H,5-9,12-14H2,1-4H3,(H2,20,21,22);1H. The van der Waals surface area contributed by atoms with Crippen molar-refractivity contribution in [1.82, 2.24) is 15.4 Å². The highest BCUT2D eigenvalue weighted by atomic mass is 127. The Balaban J connectivity index is 0.00000784. The van der Waals surface area contributed by atoms with E-state index in [2.05, 4.69) is 20.3 Å². The van der Waals surface area contributed by atoms with Gasteiger partial charge in [-0.25, -0.2) is 13.1 Å². The minimum atomic E-state index is -3.13. The first-order chi connectivity index (χ1) is 13.4. The van der Waals surface area contributed by atoms with Crippen LogP contribution in [0.5, 0.6) is 11.5 Å². The molecule has 0 heterocycles. The molecule has 0 bridgehead atoms. The van der Waals surface area contributed by atoms with Gasteiger partial charge in [0.2, 0.25) is 10.0 Å². The molecule has 1 aromatic carbocycles. The van der Waals surface area contributed by atoms with Gasteiger partial charge in [-0.2, -0.15) is 0 Å². The third-order valence-electron chi connectivity index (χ3n) is 3.78. The van der Waals surface area contributed by atoms with Gasteiger partial charge < -0.3 is 20.1 Å². The van der Waals surface area contributed by atoms with E-state index < -0.39 is 10.0 Å². The maximum absolute atomic E-state index is 11.0. The number of hydrogen-bond acceptors (Lipinski definition) is 5. The number of rotatable bonds is 13. The molecule has 1 aromatic rings. The van der Waals surface area contributed by atoms with Crippen LogP contribution in [0.15, 0.2) is 23.2 Å². The Morgan fingerprint density at radius 1 is 1.10 bits per heavy atom. The normalized spacial score (nSPS) is 11.5. The molecule has 10 heteroatoms. The summed E-state index contributed by atoms with van der Waals surface area (Å²) in [4.78, 5) is 4.57. The summed E-state index contributed by atoms with van der Waals surface area (Å²) < 4.78 is 35.5. The van der Waals surface area contributed by atoms with Crippen LogP contribution in [0.4, 0.5) is 0 Å². The van der Waals surface area contributed by atoms with E-state index in [0.29, 0.717) is 32.7 Å². The van der Waals surface area contributed by atoms with Crippen molar-refractivity contribution in [2.24, 2.45) is 4.99 Å². The average Bonchev–Trinajstić information content (AvgIpc) is 2.64. The van der Waals surface area contributed by atoms with Gasteiger partial charge in [0, 0.05) is 26.2 Å². The quantitative estimate of drug-likeness (QED) is 0.153. The lowest BCUT2D eigenvalue weighted by atomic mass is 10.1. The third kappa shape index (κ3) is 12.8. The molecule has 0 aliphatic carbocycles. The van der Waals surface area contributed by atoms with Crippen molar-refractivity contribution in [3.05, 3.63) is 23.8 Å². The number of sulfonamides is 1. The molecular weight excluding hydrogens is 507 g/mol. The van der Waals surface area contributed by atoms with E-state index in [9.17, 15) is 8.42 Å². The number of guanidine groups is 1. The summed E-state index contributed by atoms with van der Waals surface area (Å²) in [6.45, 7) is 7.07. The van der Waals surface area contributed by atoms with Crippen molar-refractivity contribution < 1.29 is 17.9 Å². The Morgan fingerprint density at radius 2 is 1.86 bits per heavy atom. The fraction of sp³-hybridized carbons (Fsp3) is 0.632. The van der Waals surface area contributed by atoms with Gasteiger partial charge in [0.25, 0.3) is 0 Å². The summed E-state index contributed by atoms with van der Waals surface area (Å²) >= 11 is 0. The van der Waals surface area contributed by atoms with Gasteiger partial charge in [-0.05, 0) is 50.8 Å². The average molecular weight is 542 g/mol.